The van der Waals surface area contributed by atoms with Crippen molar-refractivity contribution in [3.05, 3.63) is 24.9 Å². The van der Waals surface area contributed by atoms with Crippen LogP contribution in [0, 0.1) is 0 Å². The molecule has 7 nitrogen and oxygen atoms in total. The zero-order chi connectivity index (χ0) is 13.2. The second kappa shape index (κ2) is 4.81. The second-order valence-corrected chi connectivity index (χ2v) is 5.64. The van der Waals surface area contributed by atoms with Gasteiger partial charge in [-0.3, -0.25) is 9.82 Å². The quantitative estimate of drug-likeness (QED) is 0.857. The van der Waals surface area contributed by atoms with Gasteiger partial charge in [-0.2, -0.15) is 13.5 Å². The van der Waals surface area contributed by atoms with Crippen molar-refractivity contribution in [3.8, 4) is 0 Å². The Bertz CT molecular complexity index is 602. The van der Waals surface area contributed by atoms with Crippen LogP contribution in [0.5, 0.6) is 0 Å². The van der Waals surface area contributed by atoms with Crippen molar-refractivity contribution in [3.63, 3.8) is 0 Å². The van der Waals surface area contributed by atoms with Crippen molar-refractivity contribution >= 4 is 15.7 Å². The molecule has 18 heavy (non-hydrogen) atoms. The lowest BCUT2D eigenvalue weighted by atomic mass is 10.3. The molecule has 2 heterocycles. The van der Waals surface area contributed by atoms with E-state index in [1.165, 1.54) is 24.9 Å². The van der Waals surface area contributed by atoms with Gasteiger partial charge in [0.15, 0.2) is 5.03 Å². The number of aromatic amines is 1. The first-order valence-electron chi connectivity index (χ1n) is 5.58. The fraction of sp³-hybridized carbons (Fsp3) is 0.400. The molecule has 0 aliphatic heterocycles. The molecule has 0 saturated carbocycles. The minimum Gasteiger partial charge on any atom is -0.333 e. The van der Waals surface area contributed by atoms with Gasteiger partial charge in [0.2, 0.25) is 0 Å². The van der Waals surface area contributed by atoms with Crippen LogP contribution in [0.15, 0.2) is 29.9 Å². The summed E-state index contributed by atoms with van der Waals surface area (Å²) in [5, 5.41) is 6.21. The normalized spacial score (nSPS) is 13.4. The topological polar surface area (TPSA) is 92.7 Å². The average molecular weight is 269 g/mol. The number of hydrogen-bond acceptors (Lipinski definition) is 4. The number of rotatable bonds is 5. The monoisotopic (exact) mass is 269 g/mol. The number of hydrogen-bond donors (Lipinski definition) is 2. The number of aromatic nitrogens is 4. The zero-order valence-corrected chi connectivity index (χ0v) is 11.0. The van der Waals surface area contributed by atoms with Crippen LogP contribution >= 0.6 is 0 Å². The predicted molar refractivity (Wildman–Crippen MR) is 66.6 cm³/mol. The van der Waals surface area contributed by atoms with Crippen LogP contribution in [0.2, 0.25) is 0 Å². The SMILES string of the molecule is CCC(C)n1cnc(S(=O)(=O)Nc2cn[nH]c2)c1. The molecule has 0 saturated heterocycles. The van der Waals surface area contributed by atoms with Gasteiger partial charge < -0.3 is 4.57 Å². The Morgan fingerprint density at radius 1 is 1.56 bits per heavy atom. The molecule has 0 spiro atoms. The first-order chi connectivity index (χ1) is 8.53. The molecular formula is C10H15N5O2S. The molecule has 1 atom stereocenters. The summed E-state index contributed by atoms with van der Waals surface area (Å²) in [7, 11) is -3.65. The van der Waals surface area contributed by atoms with Crippen molar-refractivity contribution in [2.75, 3.05) is 4.72 Å². The first kappa shape index (κ1) is 12.6. The average Bonchev–Trinajstić information content (AvgIpc) is 2.97. The smallest absolute Gasteiger partial charge is 0.281 e. The molecule has 98 valence electrons. The van der Waals surface area contributed by atoms with Gasteiger partial charge in [0, 0.05) is 18.4 Å². The fourth-order valence-electron chi connectivity index (χ4n) is 1.42. The number of nitrogens with zero attached hydrogens (tertiary/aromatic N) is 3. The van der Waals surface area contributed by atoms with Crippen LogP contribution in [0.3, 0.4) is 0 Å². The van der Waals surface area contributed by atoms with E-state index < -0.39 is 10.0 Å². The highest BCUT2D eigenvalue weighted by atomic mass is 32.2. The van der Waals surface area contributed by atoms with E-state index in [-0.39, 0.29) is 11.1 Å². The summed E-state index contributed by atoms with van der Waals surface area (Å²) in [6, 6.07) is 0.218. The van der Waals surface area contributed by atoms with Gasteiger partial charge in [0.1, 0.15) is 0 Å². The van der Waals surface area contributed by atoms with E-state index in [0.29, 0.717) is 5.69 Å². The Labute approximate surface area is 105 Å². The van der Waals surface area contributed by atoms with E-state index in [1.54, 1.807) is 4.57 Å². The van der Waals surface area contributed by atoms with Crippen molar-refractivity contribution in [1.29, 1.82) is 0 Å². The van der Waals surface area contributed by atoms with Gasteiger partial charge in [0.05, 0.1) is 18.2 Å². The van der Waals surface area contributed by atoms with Crippen molar-refractivity contribution in [1.82, 2.24) is 19.7 Å². The van der Waals surface area contributed by atoms with E-state index in [2.05, 4.69) is 19.9 Å². The third kappa shape index (κ3) is 2.53. The molecule has 0 aliphatic rings. The van der Waals surface area contributed by atoms with Crippen LogP contribution in [-0.2, 0) is 10.0 Å². The van der Waals surface area contributed by atoms with Crippen molar-refractivity contribution in [2.24, 2.45) is 0 Å². The molecule has 0 radical (unpaired) electrons. The maximum absolute atomic E-state index is 12.0. The number of imidazole rings is 1. The van der Waals surface area contributed by atoms with Gasteiger partial charge in [-0.05, 0) is 13.3 Å². The minimum atomic E-state index is -3.65. The number of nitrogens with one attached hydrogen (secondary N) is 2. The number of anilines is 1. The Morgan fingerprint density at radius 2 is 2.33 bits per heavy atom. The summed E-state index contributed by atoms with van der Waals surface area (Å²) in [4.78, 5) is 3.92. The van der Waals surface area contributed by atoms with Gasteiger partial charge in [-0.25, -0.2) is 4.98 Å². The summed E-state index contributed by atoms with van der Waals surface area (Å²) >= 11 is 0. The lowest BCUT2D eigenvalue weighted by Crippen LogP contribution is -2.13. The van der Waals surface area contributed by atoms with E-state index in [9.17, 15) is 8.42 Å². The maximum atomic E-state index is 12.0. The van der Waals surface area contributed by atoms with E-state index in [1.807, 2.05) is 13.8 Å². The first-order valence-corrected chi connectivity index (χ1v) is 7.06. The zero-order valence-electron chi connectivity index (χ0n) is 10.2. The highest BCUT2D eigenvalue weighted by molar-refractivity contribution is 7.92. The van der Waals surface area contributed by atoms with E-state index in [0.717, 1.165) is 6.42 Å². The lowest BCUT2D eigenvalue weighted by molar-refractivity contribution is 0.529. The Balaban J connectivity index is 2.22. The standard InChI is InChI=1S/C10H15N5O2S/c1-3-8(2)15-6-10(11-7-15)18(16,17)14-9-4-12-13-5-9/h4-8,14H,3H2,1-2H3,(H,12,13). The van der Waals surface area contributed by atoms with Crippen LogP contribution in [0.4, 0.5) is 5.69 Å². The fourth-order valence-corrected chi connectivity index (χ4v) is 2.40. The van der Waals surface area contributed by atoms with Gasteiger partial charge in [-0.15, -0.1) is 0 Å². The highest BCUT2D eigenvalue weighted by Gasteiger charge is 2.18. The van der Waals surface area contributed by atoms with Crippen molar-refractivity contribution < 1.29 is 8.42 Å². The third-order valence-electron chi connectivity index (χ3n) is 2.70. The van der Waals surface area contributed by atoms with E-state index in [4.69, 9.17) is 0 Å². The molecule has 0 amide bonds. The minimum absolute atomic E-state index is 0.00370. The second-order valence-electron chi connectivity index (χ2n) is 4.01. The highest BCUT2D eigenvalue weighted by Crippen LogP contribution is 2.16. The van der Waals surface area contributed by atoms with Gasteiger partial charge in [0.25, 0.3) is 10.0 Å². The van der Waals surface area contributed by atoms with Crippen LogP contribution in [-0.4, -0.2) is 28.2 Å². The lowest BCUT2D eigenvalue weighted by Gasteiger charge is -2.08. The van der Waals surface area contributed by atoms with Gasteiger partial charge in [-0.1, -0.05) is 6.92 Å². The summed E-state index contributed by atoms with van der Waals surface area (Å²) in [6.07, 6.45) is 6.81. The Kier molecular flexibility index (Phi) is 3.37. The van der Waals surface area contributed by atoms with Crippen molar-refractivity contribution in [2.45, 2.75) is 31.3 Å². The van der Waals surface area contributed by atoms with Gasteiger partial charge >= 0.3 is 0 Å². The molecule has 8 heteroatoms. The maximum Gasteiger partial charge on any atom is 0.281 e. The van der Waals surface area contributed by atoms with Crippen LogP contribution in [0.1, 0.15) is 26.3 Å². The Morgan fingerprint density at radius 3 is 2.94 bits per heavy atom. The third-order valence-corrected chi connectivity index (χ3v) is 3.97. The molecule has 0 aromatic carbocycles. The molecule has 1 unspecified atom stereocenters. The molecule has 0 aliphatic carbocycles. The summed E-state index contributed by atoms with van der Waals surface area (Å²) in [6.45, 7) is 4.03. The molecular weight excluding hydrogens is 254 g/mol. The molecule has 0 fully saturated rings. The summed E-state index contributed by atoms with van der Waals surface area (Å²) in [5.41, 5.74) is 0.382. The number of H-pyrrole nitrogens is 1. The van der Waals surface area contributed by atoms with Crippen LogP contribution < -0.4 is 4.72 Å². The van der Waals surface area contributed by atoms with E-state index >= 15 is 0 Å². The largest absolute Gasteiger partial charge is 0.333 e. The summed E-state index contributed by atoms with van der Waals surface area (Å²) < 4.78 is 28.2. The predicted octanol–water partition coefficient (Wildman–Crippen LogP) is 1.38. The molecule has 2 aromatic heterocycles. The molecule has 2 aromatic rings. The van der Waals surface area contributed by atoms with Crippen LogP contribution in [0.25, 0.3) is 0 Å². The Hall–Kier alpha value is -1.83. The molecule has 2 N–H and O–H groups in total. The molecule has 2 rings (SSSR count). The number of sulfonamides is 1. The molecule has 0 bridgehead atoms. The summed E-state index contributed by atoms with van der Waals surface area (Å²) in [5.74, 6) is 0.